The molecule has 160 valence electrons. The Morgan fingerprint density at radius 1 is 1.17 bits per heavy atom. The third-order valence-electron chi connectivity index (χ3n) is 6.60. The van der Waals surface area contributed by atoms with Gasteiger partial charge in [-0.25, -0.2) is 0 Å². The van der Waals surface area contributed by atoms with Crippen LogP contribution in [0.15, 0.2) is 28.8 Å². The molecule has 1 heterocycles. The predicted octanol–water partition coefficient (Wildman–Crippen LogP) is 3.70. The summed E-state index contributed by atoms with van der Waals surface area (Å²) in [6.07, 6.45) is 5.85. The average Bonchev–Trinajstić information content (AvgIpc) is 3.34. The standard InChI is InChI=1S/C24H30N2O4/c1-23(2)12-18-21(19(28)13-23)20(30-26-18)11-16-5-7-17(8-6-16)22(29)25-14-24(15-27)9-3-4-10-24/h5-8,27H,3-4,9-15H2,1-2H3,(H,25,29). The Morgan fingerprint density at radius 2 is 1.87 bits per heavy atom. The number of amides is 1. The number of hydrogen-bond acceptors (Lipinski definition) is 5. The number of aliphatic hydroxyl groups is 1. The van der Waals surface area contributed by atoms with Crippen molar-refractivity contribution in [3.8, 4) is 0 Å². The van der Waals surface area contributed by atoms with Gasteiger partial charge in [-0.3, -0.25) is 9.59 Å². The van der Waals surface area contributed by atoms with Crippen LogP contribution in [0.3, 0.4) is 0 Å². The maximum Gasteiger partial charge on any atom is 0.251 e. The minimum Gasteiger partial charge on any atom is -0.396 e. The van der Waals surface area contributed by atoms with Crippen molar-refractivity contribution in [3.05, 3.63) is 52.4 Å². The van der Waals surface area contributed by atoms with E-state index in [-0.39, 0.29) is 29.1 Å². The first-order valence-electron chi connectivity index (χ1n) is 10.8. The maximum absolute atomic E-state index is 12.6. The predicted molar refractivity (Wildman–Crippen MR) is 113 cm³/mol. The van der Waals surface area contributed by atoms with Gasteiger partial charge >= 0.3 is 0 Å². The Labute approximate surface area is 177 Å². The topological polar surface area (TPSA) is 92.4 Å². The summed E-state index contributed by atoms with van der Waals surface area (Å²) in [6.45, 7) is 4.76. The fourth-order valence-electron chi connectivity index (χ4n) is 4.80. The molecule has 2 aromatic rings. The fraction of sp³-hybridized carbons (Fsp3) is 0.542. The SMILES string of the molecule is CC1(C)CC(=O)c2c(noc2Cc2ccc(C(=O)NCC3(CO)CCCC3)cc2)C1. The number of Topliss-reactive ketones (excluding diaryl/α,β-unsaturated/α-hetero) is 1. The van der Waals surface area contributed by atoms with Crippen LogP contribution in [0.2, 0.25) is 0 Å². The molecule has 1 amide bonds. The molecule has 1 fully saturated rings. The zero-order chi connectivity index (χ0) is 21.4. The van der Waals surface area contributed by atoms with Crippen molar-refractivity contribution in [1.29, 1.82) is 0 Å². The third-order valence-corrected chi connectivity index (χ3v) is 6.60. The highest BCUT2D eigenvalue weighted by Gasteiger charge is 2.36. The van der Waals surface area contributed by atoms with Crippen molar-refractivity contribution in [2.75, 3.05) is 13.2 Å². The molecule has 6 heteroatoms. The monoisotopic (exact) mass is 410 g/mol. The third kappa shape index (κ3) is 4.19. The summed E-state index contributed by atoms with van der Waals surface area (Å²) >= 11 is 0. The summed E-state index contributed by atoms with van der Waals surface area (Å²) in [6, 6.07) is 7.36. The Bertz CT molecular complexity index is 937. The number of aliphatic hydroxyl groups excluding tert-OH is 1. The lowest BCUT2D eigenvalue weighted by Crippen LogP contribution is -2.38. The molecule has 2 aliphatic carbocycles. The molecule has 30 heavy (non-hydrogen) atoms. The van der Waals surface area contributed by atoms with E-state index in [4.69, 9.17) is 4.52 Å². The number of fused-ring (bicyclic) bond motifs is 1. The highest BCUT2D eigenvalue weighted by atomic mass is 16.5. The molecule has 4 rings (SSSR count). The molecule has 1 saturated carbocycles. The number of aromatic nitrogens is 1. The van der Waals surface area contributed by atoms with E-state index in [1.165, 1.54) is 0 Å². The largest absolute Gasteiger partial charge is 0.396 e. The van der Waals surface area contributed by atoms with E-state index in [9.17, 15) is 14.7 Å². The number of nitrogens with zero attached hydrogens (tertiary/aromatic N) is 1. The van der Waals surface area contributed by atoms with Crippen LogP contribution in [0.5, 0.6) is 0 Å². The van der Waals surface area contributed by atoms with Crippen LogP contribution in [0.25, 0.3) is 0 Å². The summed E-state index contributed by atoms with van der Waals surface area (Å²) in [7, 11) is 0. The van der Waals surface area contributed by atoms with Gasteiger partial charge in [0.15, 0.2) is 11.5 Å². The number of benzene rings is 1. The number of hydrogen-bond donors (Lipinski definition) is 2. The fourth-order valence-corrected chi connectivity index (χ4v) is 4.80. The molecule has 1 aromatic heterocycles. The van der Waals surface area contributed by atoms with Crippen molar-refractivity contribution < 1.29 is 19.2 Å². The lowest BCUT2D eigenvalue weighted by molar-refractivity contribution is 0.0878. The van der Waals surface area contributed by atoms with Gasteiger partial charge in [0.25, 0.3) is 5.91 Å². The average molecular weight is 411 g/mol. The zero-order valence-electron chi connectivity index (χ0n) is 17.8. The highest BCUT2D eigenvalue weighted by Crippen LogP contribution is 2.37. The number of carbonyl (C=O) groups excluding carboxylic acids is 2. The van der Waals surface area contributed by atoms with Gasteiger partial charge in [-0.15, -0.1) is 0 Å². The van der Waals surface area contributed by atoms with Gasteiger partial charge < -0.3 is 14.9 Å². The molecular formula is C24H30N2O4. The number of carbonyl (C=O) groups is 2. The number of nitrogens with one attached hydrogen (secondary N) is 1. The van der Waals surface area contributed by atoms with Gasteiger partial charge in [-0.2, -0.15) is 0 Å². The minimum absolute atomic E-state index is 0.0830. The van der Waals surface area contributed by atoms with E-state index in [2.05, 4.69) is 24.3 Å². The summed E-state index contributed by atoms with van der Waals surface area (Å²) in [5.41, 5.74) is 2.70. The van der Waals surface area contributed by atoms with Gasteiger partial charge in [0.1, 0.15) is 0 Å². The van der Waals surface area contributed by atoms with Crippen LogP contribution in [0.1, 0.15) is 83.7 Å². The van der Waals surface area contributed by atoms with Gasteiger partial charge in [0.05, 0.1) is 17.9 Å². The first-order valence-corrected chi connectivity index (χ1v) is 10.8. The molecule has 0 unspecified atom stereocenters. The second-order valence-electron chi connectivity index (χ2n) is 9.79. The lowest BCUT2D eigenvalue weighted by Gasteiger charge is -2.27. The number of rotatable bonds is 6. The lowest BCUT2D eigenvalue weighted by atomic mass is 9.75. The first kappa shape index (κ1) is 20.8. The van der Waals surface area contributed by atoms with Crippen molar-refractivity contribution >= 4 is 11.7 Å². The van der Waals surface area contributed by atoms with E-state index in [0.717, 1.165) is 43.4 Å². The van der Waals surface area contributed by atoms with Crippen molar-refractivity contribution in [1.82, 2.24) is 10.5 Å². The van der Waals surface area contributed by atoms with Crippen LogP contribution < -0.4 is 5.32 Å². The molecule has 2 aliphatic rings. The maximum atomic E-state index is 12.6. The molecule has 0 radical (unpaired) electrons. The highest BCUT2D eigenvalue weighted by molar-refractivity contribution is 5.99. The first-order chi connectivity index (χ1) is 14.3. The van der Waals surface area contributed by atoms with E-state index in [1.54, 1.807) is 12.1 Å². The molecule has 0 aliphatic heterocycles. The quantitative estimate of drug-likeness (QED) is 0.757. The Balaban J connectivity index is 1.41. The Morgan fingerprint density at radius 3 is 2.53 bits per heavy atom. The smallest absolute Gasteiger partial charge is 0.251 e. The Kier molecular flexibility index (Phi) is 5.53. The molecule has 1 aromatic carbocycles. The van der Waals surface area contributed by atoms with Gasteiger partial charge in [-0.1, -0.05) is 44.0 Å². The molecule has 0 spiro atoms. The second-order valence-corrected chi connectivity index (χ2v) is 9.79. The summed E-state index contributed by atoms with van der Waals surface area (Å²) < 4.78 is 5.51. The second kappa shape index (κ2) is 7.99. The van der Waals surface area contributed by atoms with Gasteiger partial charge in [0, 0.05) is 30.4 Å². The normalized spacial score (nSPS) is 19.5. The Hall–Kier alpha value is -2.47. The molecular weight excluding hydrogens is 380 g/mol. The summed E-state index contributed by atoms with van der Waals surface area (Å²) in [5.74, 6) is 0.572. The number of ketones is 1. The van der Waals surface area contributed by atoms with Crippen LogP contribution in [-0.2, 0) is 12.8 Å². The summed E-state index contributed by atoms with van der Waals surface area (Å²) in [4.78, 5) is 25.1. The zero-order valence-corrected chi connectivity index (χ0v) is 17.8. The van der Waals surface area contributed by atoms with Gasteiger partial charge in [0.2, 0.25) is 0 Å². The molecule has 6 nitrogen and oxygen atoms in total. The van der Waals surface area contributed by atoms with Crippen molar-refractivity contribution in [2.24, 2.45) is 10.8 Å². The van der Waals surface area contributed by atoms with Crippen LogP contribution in [-0.4, -0.2) is 35.1 Å². The van der Waals surface area contributed by atoms with Crippen LogP contribution in [0.4, 0.5) is 0 Å². The van der Waals surface area contributed by atoms with Crippen LogP contribution in [0, 0.1) is 10.8 Å². The molecule has 0 saturated heterocycles. The molecule has 2 N–H and O–H groups in total. The minimum atomic E-state index is -0.165. The van der Waals surface area contributed by atoms with Crippen molar-refractivity contribution in [2.45, 2.75) is 58.8 Å². The van der Waals surface area contributed by atoms with E-state index < -0.39 is 0 Å². The van der Waals surface area contributed by atoms with Gasteiger partial charge in [-0.05, 0) is 42.4 Å². The molecule has 0 bridgehead atoms. The summed E-state index contributed by atoms with van der Waals surface area (Å²) in [5, 5.41) is 16.8. The van der Waals surface area contributed by atoms with E-state index in [0.29, 0.717) is 36.3 Å². The van der Waals surface area contributed by atoms with Crippen LogP contribution >= 0.6 is 0 Å². The van der Waals surface area contributed by atoms with E-state index in [1.807, 2.05) is 12.1 Å². The molecule has 0 atom stereocenters. The van der Waals surface area contributed by atoms with Crippen molar-refractivity contribution in [3.63, 3.8) is 0 Å². The van der Waals surface area contributed by atoms with E-state index >= 15 is 0 Å².